The average Bonchev–Trinajstić information content (AvgIpc) is 1.43. The number of hydrogen-bond acceptors (Lipinski definition) is 15. The molecule has 9 atom stereocenters. The molecule has 0 amide bonds. The molecule has 3 aliphatic heterocycles. The van der Waals surface area contributed by atoms with Crippen LogP contribution in [0.1, 0.15) is 66.8 Å². The van der Waals surface area contributed by atoms with Crippen LogP contribution in [0, 0.1) is 0 Å². The summed E-state index contributed by atoms with van der Waals surface area (Å²) in [5.41, 5.74) is 6.22. The monoisotopic (exact) mass is 1550 g/mol. The Balaban J connectivity index is 0.000000205. The van der Waals surface area contributed by atoms with Gasteiger partial charge in [-0.05, 0) is 117 Å². The van der Waals surface area contributed by atoms with E-state index in [1.807, 2.05) is 194 Å². The van der Waals surface area contributed by atoms with Gasteiger partial charge in [0.1, 0.15) is 59.3 Å². The third-order valence-electron chi connectivity index (χ3n) is 19.3. The number of fused-ring (bicyclic) bond motifs is 2. The van der Waals surface area contributed by atoms with Crippen molar-refractivity contribution in [2.24, 2.45) is 0 Å². The van der Waals surface area contributed by atoms with Gasteiger partial charge in [0.05, 0.1) is 66.1 Å². The summed E-state index contributed by atoms with van der Waals surface area (Å²) in [7, 11) is 1.45. The minimum Gasteiger partial charge on any atom is -0.484 e. The molecule has 13 rings (SSSR count). The lowest BCUT2D eigenvalue weighted by Crippen LogP contribution is -2.72. The third-order valence-corrected chi connectivity index (χ3v) is 20.1. The molecule has 0 radical (unpaired) electrons. The molecule has 3 saturated heterocycles. The Labute approximate surface area is 644 Å². The van der Waals surface area contributed by atoms with Gasteiger partial charge >= 0.3 is 12.4 Å². The molecule has 2 bridgehead atoms. The molecule has 23 heteroatoms. The summed E-state index contributed by atoms with van der Waals surface area (Å²) >= 11 is 13.5. The first-order valence-electron chi connectivity index (χ1n) is 35.7. The number of aliphatic hydroxyl groups excluding tert-OH is 3. The predicted octanol–water partition coefficient (Wildman–Crippen LogP) is 16.8. The summed E-state index contributed by atoms with van der Waals surface area (Å²) in [5, 5.41) is 34.3. The third kappa shape index (κ3) is 20.2. The SMILES string of the molecule is CO[C@@]1(c2ccc(Cl)c(Cc3ccc(OCC(F)(F)F)cc3)c2)OC(CO)(CO)[C@@H](OCc2ccccc2)[C@H](OCc2ccccc2)[C@H]1OCc1ccccc1.OC[C@@]12CO[C@@](c3ccc(Cl)c(Cc4ccc(OCC(F)(F)F)cc4)c3)(O1)[C@H](OCc1ccccc1)[C@@H](OCc1ccccc1)[C@@H]2OCc1ccccc1. The van der Waals surface area contributed by atoms with Crippen LogP contribution >= 0.6 is 23.2 Å². The van der Waals surface area contributed by atoms with Crippen LogP contribution in [0.5, 0.6) is 11.5 Å². The van der Waals surface area contributed by atoms with Gasteiger partial charge in [0.25, 0.3) is 0 Å². The molecular weight excluding hydrogens is 1470 g/mol. The number of alkyl halides is 6. The van der Waals surface area contributed by atoms with Gasteiger partial charge in [-0.15, -0.1) is 0 Å². The second-order valence-electron chi connectivity index (χ2n) is 27.1. The molecule has 3 N–H and O–H groups in total. The fourth-order valence-corrected chi connectivity index (χ4v) is 14.1. The zero-order valence-electron chi connectivity index (χ0n) is 60.0. The van der Waals surface area contributed by atoms with E-state index in [9.17, 15) is 41.7 Å². The first-order chi connectivity index (χ1) is 53.2. The van der Waals surface area contributed by atoms with Crippen LogP contribution in [0.15, 0.2) is 267 Å². The van der Waals surface area contributed by atoms with E-state index in [-0.39, 0.29) is 64.2 Å². The minimum atomic E-state index is -4.46. The van der Waals surface area contributed by atoms with E-state index in [1.54, 1.807) is 48.5 Å². The summed E-state index contributed by atoms with van der Waals surface area (Å²) < 4.78 is 153. The fraction of sp³-hybridized carbons (Fsp3) is 0.310. The summed E-state index contributed by atoms with van der Waals surface area (Å²) in [6.45, 7) is -3.55. The summed E-state index contributed by atoms with van der Waals surface area (Å²) in [6, 6.07) is 81.1. The Hall–Kier alpha value is -8.56. The van der Waals surface area contributed by atoms with E-state index in [1.165, 1.54) is 31.4 Å². The average molecular weight is 1550 g/mol. The number of methoxy groups -OCH3 is 1. The molecule has 10 aromatic carbocycles. The van der Waals surface area contributed by atoms with Gasteiger partial charge in [-0.3, -0.25) is 0 Å². The second kappa shape index (κ2) is 37.2. The zero-order valence-corrected chi connectivity index (χ0v) is 61.5. The van der Waals surface area contributed by atoms with Gasteiger partial charge in [-0.25, -0.2) is 0 Å². The molecule has 110 heavy (non-hydrogen) atoms. The number of rotatable bonds is 32. The van der Waals surface area contributed by atoms with E-state index in [2.05, 4.69) is 0 Å². The highest BCUT2D eigenvalue weighted by atomic mass is 35.5. The molecular formula is C87H84Cl2F6O15. The highest BCUT2D eigenvalue weighted by molar-refractivity contribution is 6.31. The van der Waals surface area contributed by atoms with E-state index in [4.69, 9.17) is 80.0 Å². The van der Waals surface area contributed by atoms with E-state index in [0.29, 0.717) is 38.7 Å². The first kappa shape index (κ1) is 80.9. The van der Waals surface area contributed by atoms with Crippen LogP contribution in [-0.2, 0) is 111 Å². The Kier molecular flexibility index (Phi) is 27.4. The number of ether oxygens (including phenoxy) is 12. The maximum Gasteiger partial charge on any atom is 0.422 e. The predicted molar refractivity (Wildman–Crippen MR) is 400 cm³/mol. The molecule has 3 fully saturated rings. The van der Waals surface area contributed by atoms with Crippen LogP contribution in [0.2, 0.25) is 10.0 Å². The molecule has 578 valence electrons. The lowest BCUT2D eigenvalue weighted by molar-refractivity contribution is -0.417. The lowest BCUT2D eigenvalue weighted by atomic mass is 9.80. The van der Waals surface area contributed by atoms with Gasteiger partial charge in [-0.2, -0.15) is 26.3 Å². The molecule has 0 aliphatic carbocycles. The molecule has 3 aliphatic rings. The normalized spacial score (nSPS) is 22.2. The van der Waals surface area contributed by atoms with Crippen molar-refractivity contribution in [2.45, 2.75) is 124 Å². The topological polar surface area (TPSA) is 171 Å². The Morgan fingerprint density at radius 2 is 0.727 bits per heavy atom. The van der Waals surface area contributed by atoms with Gasteiger partial charge in [-0.1, -0.05) is 242 Å². The van der Waals surface area contributed by atoms with Gasteiger partial charge in [0.2, 0.25) is 11.6 Å². The number of hydrogen-bond donors (Lipinski definition) is 3. The Morgan fingerprint density at radius 1 is 0.382 bits per heavy atom. The molecule has 0 spiro atoms. The highest BCUT2D eigenvalue weighted by Gasteiger charge is 2.70. The molecule has 0 aromatic heterocycles. The maximum atomic E-state index is 12.7. The summed E-state index contributed by atoms with van der Waals surface area (Å²) in [5.74, 6) is -3.19. The van der Waals surface area contributed by atoms with Gasteiger partial charge in [0.15, 0.2) is 13.2 Å². The molecule has 15 nitrogen and oxygen atoms in total. The van der Waals surface area contributed by atoms with Gasteiger partial charge in [0, 0.05) is 28.3 Å². The standard InChI is InChI=1S/C44H44ClF3O8.C43H40ClF3O7/c1-51-44(36-19-22-38(45)35(24-36)23-31-17-20-37(21-18-31)55-30-43(46,47)48)41(54-27-34-15-9-4-10-16-34)39(52-25-32-11-5-2-6-12-32)40(42(28-49,29-50)56-44)53-26-33-13-7-3-8-14-33;44-37-21-18-35(23-34(37)22-30-16-19-36(20-17-30)52-29-42(45,46)47)43-40(51-26-33-14-8-3-9-15-33)38(49-24-31-10-4-1-5-11-31)39(41(27-48,54-43)28-53-43)50-25-32-12-6-2-7-13-32/h2-22,24,39-41,49-50H,23,25-30H2,1H3;1-21,23,38-40,48H,22,24-29H2/t39-,40-,41+,44-;38-,39-,40+,41-,43-/m00/s1. The van der Waals surface area contributed by atoms with E-state index in [0.717, 1.165) is 44.5 Å². The lowest BCUT2D eigenvalue weighted by Gasteiger charge is -2.56. The second-order valence-corrected chi connectivity index (χ2v) is 27.9. The van der Waals surface area contributed by atoms with Crippen LogP contribution in [0.4, 0.5) is 26.3 Å². The fourth-order valence-electron chi connectivity index (χ4n) is 13.8. The molecule has 0 saturated carbocycles. The van der Waals surface area contributed by atoms with Crippen LogP contribution in [-0.4, -0.2) is 122 Å². The van der Waals surface area contributed by atoms with Crippen molar-refractivity contribution in [1.82, 2.24) is 0 Å². The van der Waals surface area contributed by atoms with Crippen molar-refractivity contribution in [1.29, 1.82) is 0 Å². The van der Waals surface area contributed by atoms with Crippen molar-refractivity contribution in [2.75, 3.05) is 46.8 Å². The van der Waals surface area contributed by atoms with Crippen molar-refractivity contribution in [3.63, 3.8) is 0 Å². The first-order valence-corrected chi connectivity index (χ1v) is 36.5. The maximum absolute atomic E-state index is 12.7. The number of benzene rings is 10. The number of halogens is 8. The van der Waals surface area contributed by atoms with Crippen LogP contribution in [0.25, 0.3) is 0 Å². The van der Waals surface area contributed by atoms with E-state index >= 15 is 0 Å². The van der Waals surface area contributed by atoms with Gasteiger partial charge < -0.3 is 72.2 Å². The van der Waals surface area contributed by atoms with Crippen molar-refractivity contribution in [3.05, 3.63) is 344 Å². The Morgan fingerprint density at radius 3 is 1.10 bits per heavy atom. The Bertz CT molecular complexity index is 4470. The van der Waals surface area contributed by atoms with E-state index < -0.39 is 105 Å². The van der Waals surface area contributed by atoms with Crippen molar-refractivity contribution >= 4 is 23.2 Å². The summed E-state index contributed by atoms with van der Waals surface area (Å²) in [6.07, 6.45) is -13.9. The molecule has 0 unspecified atom stereocenters. The van der Waals surface area contributed by atoms with Crippen LogP contribution < -0.4 is 9.47 Å². The number of aliphatic hydroxyl groups is 3. The van der Waals surface area contributed by atoms with Crippen molar-refractivity contribution < 1.29 is 98.5 Å². The van der Waals surface area contributed by atoms with Crippen LogP contribution in [0.3, 0.4) is 0 Å². The van der Waals surface area contributed by atoms with Crippen molar-refractivity contribution in [3.8, 4) is 11.5 Å². The quantitative estimate of drug-likeness (QED) is 0.0340. The highest BCUT2D eigenvalue weighted by Crippen LogP contribution is 2.54. The molecule has 10 aromatic rings. The molecule has 3 heterocycles. The summed E-state index contributed by atoms with van der Waals surface area (Å²) in [4.78, 5) is 0. The smallest absolute Gasteiger partial charge is 0.422 e. The zero-order chi connectivity index (χ0) is 77.2. The minimum absolute atomic E-state index is 0.0172. The largest absolute Gasteiger partial charge is 0.484 e.